The minimum atomic E-state index is -2.35. The SMILES string of the molecule is [Br-].[CH2-]CCCCCCCCCCCO[Si](c1ccccc1)(c1ccccc1)C(C)(C)C.[Mg+2]. The number of rotatable bonds is 14. The fraction of sp³-hybridized carbons (Fsp3) is 0.536. The average Bonchev–Trinajstić information content (AvgIpc) is 2.75. The van der Waals surface area contributed by atoms with E-state index in [1.165, 1.54) is 61.7 Å². The Hall–Kier alpha value is -0.137. The smallest absolute Gasteiger partial charge is 1.00 e. The Bertz CT molecular complexity index is 648. The Morgan fingerprint density at radius 1 is 0.656 bits per heavy atom. The first kappa shape index (κ1) is 31.9. The van der Waals surface area contributed by atoms with Crippen LogP contribution in [0.15, 0.2) is 60.7 Å². The van der Waals surface area contributed by atoms with Gasteiger partial charge in [0.2, 0.25) is 0 Å². The maximum atomic E-state index is 6.97. The van der Waals surface area contributed by atoms with Gasteiger partial charge in [-0.3, -0.25) is 0 Å². The van der Waals surface area contributed by atoms with Gasteiger partial charge in [-0.05, 0) is 21.8 Å². The summed E-state index contributed by atoms with van der Waals surface area (Å²) >= 11 is 0. The van der Waals surface area contributed by atoms with E-state index in [9.17, 15) is 0 Å². The number of unbranched alkanes of at least 4 members (excludes halogenated alkanes) is 9. The van der Waals surface area contributed by atoms with Gasteiger partial charge in [-0.1, -0.05) is 133 Å². The molecule has 0 radical (unpaired) electrons. The quantitative estimate of drug-likeness (QED) is 0.206. The van der Waals surface area contributed by atoms with Gasteiger partial charge in [0.1, 0.15) is 0 Å². The van der Waals surface area contributed by atoms with E-state index < -0.39 is 8.32 Å². The number of hydrogen-bond donors (Lipinski definition) is 0. The molecule has 174 valence electrons. The van der Waals surface area contributed by atoms with Crippen LogP contribution >= 0.6 is 0 Å². The average molecular weight is 528 g/mol. The van der Waals surface area contributed by atoms with Crippen LogP contribution in [0.4, 0.5) is 0 Å². The van der Waals surface area contributed by atoms with Crippen LogP contribution in [0.3, 0.4) is 0 Å². The molecule has 2 aromatic rings. The van der Waals surface area contributed by atoms with E-state index in [-0.39, 0.29) is 45.1 Å². The minimum Gasteiger partial charge on any atom is -1.00 e. The molecule has 0 saturated heterocycles. The van der Waals surface area contributed by atoms with Crippen molar-refractivity contribution in [2.45, 2.75) is 90.0 Å². The van der Waals surface area contributed by atoms with Crippen LogP contribution in [0.1, 0.15) is 85.0 Å². The van der Waals surface area contributed by atoms with Gasteiger partial charge in [0.05, 0.1) is 0 Å². The molecule has 0 aliphatic heterocycles. The Morgan fingerprint density at radius 2 is 1.03 bits per heavy atom. The van der Waals surface area contributed by atoms with E-state index in [1.54, 1.807) is 0 Å². The number of benzene rings is 2. The molecule has 0 bridgehead atoms. The van der Waals surface area contributed by atoms with Crippen LogP contribution in [0, 0.1) is 6.92 Å². The third-order valence-corrected chi connectivity index (χ3v) is 11.2. The Balaban J connectivity index is 0.00000480. The zero-order valence-electron chi connectivity index (χ0n) is 20.8. The van der Waals surface area contributed by atoms with Gasteiger partial charge in [0.15, 0.2) is 0 Å². The minimum absolute atomic E-state index is 0. The molecule has 32 heavy (non-hydrogen) atoms. The molecule has 0 spiro atoms. The molecular weight excluding hydrogens is 485 g/mol. The Kier molecular flexibility index (Phi) is 17.2. The molecule has 0 fully saturated rings. The van der Waals surface area contributed by atoms with Crippen LogP contribution in [0.2, 0.25) is 5.04 Å². The molecule has 0 amide bonds. The van der Waals surface area contributed by atoms with Gasteiger partial charge in [-0.2, -0.15) is 6.42 Å². The first-order valence-electron chi connectivity index (χ1n) is 12.1. The van der Waals surface area contributed by atoms with Gasteiger partial charge in [0.25, 0.3) is 8.32 Å². The molecule has 0 aliphatic rings. The summed E-state index contributed by atoms with van der Waals surface area (Å²) in [5, 5.41) is 2.83. The topological polar surface area (TPSA) is 9.23 Å². The largest absolute Gasteiger partial charge is 2.00 e. The Morgan fingerprint density at radius 3 is 1.41 bits per heavy atom. The van der Waals surface area contributed by atoms with Crippen LogP contribution in [0.25, 0.3) is 0 Å². The molecular formula is C28H43BrMgOSi. The van der Waals surface area contributed by atoms with E-state index in [2.05, 4.69) is 88.4 Å². The normalized spacial score (nSPS) is 11.5. The van der Waals surface area contributed by atoms with Crippen molar-refractivity contribution in [3.05, 3.63) is 67.6 Å². The summed E-state index contributed by atoms with van der Waals surface area (Å²) in [5.41, 5.74) is 0. The molecule has 0 heterocycles. The van der Waals surface area contributed by atoms with E-state index in [4.69, 9.17) is 4.43 Å². The first-order valence-corrected chi connectivity index (χ1v) is 14.0. The van der Waals surface area contributed by atoms with Gasteiger partial charge in [-0.15, -0.1) is 0 Å². The predicted octanol–water partition coefficient (Wildman–Crippen LogP) is 3.92. The second kappa shape index (κ2) is 17.3. The third kappa shape index (κ3) is 9.62. The molecule has 2 rings (SSSR count). The second-order valence-electron chi connectivity index (χ2n) is 9.55. The van der Waals surface area contributed by atoms with Crippen molar-refractivity contribution in [2.75, 3.05) is 6.61 Å². The summed E-state index contributed by atoms with van der Waals surface area (Å²) in [6, 6.07) is 22.0. The summed E-state index contributed by atoms with van der Waals surface area (Å²) in [7, 11) is -2.35. The van der Waals surface area contributed by atoms with E-state index >= 15 is 0 Å². The zero-order chi connectivity index (χ0) is 21.7. The van der Waals surface area contributed by atoms with Crippen LogP contribution in [-0.2, 0) is 4.43 Å². The van der Waals surface area contributed by atoms with Crippen molar-refractivity contribution in [2.24, 2.45) is 0 Å². The van der Waals surface area contributed by atoms with Crippen molar-refractivity contribution in [3.8, 4) is 0 Å². The van der Waals surface area contributed by atoms with Gasteiger partial charge in [0, 0.05) is 6.61 Å². The summed E-state index contributed by atoms with van der Waals surface area (Å²) in [4.78, 5) is 0. The van der Waals surface area contributed by atoms with Crippen LogP contribution in [-0.4, -0.2) is 38.0 Å². The van der Waals surface area contributed by atoms with Crippen molar-refractivity contribution in [1.82, 2.24) is 0 Å². The van der Waals surface area contributed by atoms with Gasteiger partial charge >= 0.3 is 23.1 Å². The van der Waals surface area contributed by atoms with Crippen LogP contribution < -0.4 is 27.4 Å². The summed E-state index contributed by atoms with van der Waals surface area (Å²) in [6.07, 6.45) is 13.0. The summed E-state index contributed by atoms with van der Waals surface area (Å²) < 4.78 is 6.97. The van der Waals surface area contributed by atoms with Crippen molar-refractivity contribution >= 4 is 41.7 Å². The molecule has 0 saturated carbocycles. The fourth-order valence-corrected chi connectivity index (χ4v) is 9.11. The molecule has 4 heteroatoms. The molecule has 0 N–H and O–H groups in total. The monoisotopic (exact) mass is 526 g/mol. The molecule has 2 aromatic carbocycles. The number of halogens is 1. The third-order valence-electron chi connectivity index (χ3n) is 6.13. The van der Waals surface area contributed by atoms with Gasteiger partial charge in [-0.25, -0.2) is 0 Å². The Labute approximate surface area is 226 Å². The predicted molar refractivity (Wildman–Crippen MR) is 141 cm³/mol. The maximum Gasteiger partial charge on any atom is 2.00 e. The van der Waals surface area contributed by atoms with Crippen molar-refractivity contribution in [1.29, 1.82) is 0 Å². The van der Waals surface area contributed by atoms with Crippen molar-refractivity contribution in [3.63, 3.8) is 0 Å². The number of hydrogen-bond acceptors (Lipinski definition) is 1. The zero-order valence-corrected chi connectivity index (χ0v) is 24.8. The molecule has 0 aromatic heterocycles. The van der Waals surface area contributed by atoms with Crippen LogP contribution in [0.5, 0.6) is 0 Å². The molecule has 0 unspecified atom stereocenters. The second-order valence-corrected chi connectivity index (χ2v) is 13.9. The molecule has 1 nitrogen and oxygen atoms in total. The van der Waals surface area contributed by atoms with Crippen molar-refractivity contribution < 1.29 is 21.4 Å². The van der Waals surface area contributed by atoms with E-state index in [0.29, 0.717) is 0 Å². The standard InChI is InChI=1S/C28H43OSi.BrH.Mg/c1-5-6-7-8-9-10-11-12-13-20-25-29-30(28(2,3)4,26-21-16-14-17-22-26)27-23-18-15-19-24-27;;/h14-19,21-24H,1,5-13,20,25H2,2-4H3;1H;/q-1;;+2/p-1. The molecule has 0 atom stereocenters. The van der Waals surface area contributed by atoms with Gasteiger partial charge < -0.3 is 28.3 Å². The van der Waals surface area contributed by atoms with E-state index in [1.807, 2.05) is 0 Å². The summed E-state index contributed by atoms with van der Waals surface area (Å²) in [6.45, 7) is 11.8. The first-order chi connectivity index (χ1) is 14.5. The maximum absolute atomic E-state index is 6.97. The van der Waals surface area contributed by atoms with E-state index in [0.717, 1.165) is 19.4 Å². The fourth-order valence-electron chi connectivity index (χ4n) is 4.50. The summed E-state index contributed by atoms with van der Waals surface area (Å²) in [5.74, 6) is 0. The molecule has 0 aliphatic carbocycles.